The lowest BCUT2D eigenvalue weighted by atomic mass is 9.96. The van der Waals surface area contributed by atoms with Gasteiger partial charge in [0.25, 0.3) is 5.78 Å². The second-order valence-electron chi connectivity index (χ2n) is 4.88. The number of benzene rings is 2. The minimum absolute atomic E-state index is 0.284. The molecule has 23 heavy (non-hydrogen) atoms. The fraction of sp³-hybridized carbons (Fsp3) is 0. The molecule has 5 nitrogen and oxygen atoms in total. The topological polar surface area (TPSA) is 83.8 Å². The minimum Gasteiger partial charge on any atom is -0.506 e. The van der Waals surface area contributed by atoms with Crippen LogP contribution in [0.4, 0.5) is 0 Å². The number of amides is 1. The van der Waals surface area contributed by atoms with Crippen molar-refractivity contribution in [2.24, 2.45) is 4.99 Å². The lowest BCUT2D eigenvalue weighted by molar-refractivity contribution is -0.132. The van der Waals surface area contributed by atoms with E-state index in [0.717, 1.165) is 0 Å². The molecule has 0 atom stereocenters. The Labute approximate surface area is 131 Å². The van der Waals surface area contributed by atoms with Crippen molar-refractivity contribution < 1.29 is 19.5 Å². The molecule has 0 saturated heterocycles. The van der Waals surface area contributed by atoms with Gasteiger partial charge in [0.05, 0.1) is 0 Å². The smallest absolute Gasteiger partial charge is 0.318 e. The third-order valence-electron chi connectivity index (χ3n) is 3.41. The number of aliphatic imine (C=N–C) groups is 1. The average Bonchev–Trinajstić information content (AvgIpc) is 2.90. The Morgan fingerprint density at radius 3 is 1.91 bits per heavy atom. The monoisotopic (exact) mass is 305 g/mol. The number of ketones is 2. The molecule has 0 aliphatic carbocycles. The highest BCUT2D eigenvalue weighted by Crippen LogP contribution is 2.23. The third-order valence-corrected chi connectivity index (χ3v) is 3.41. The van der Waals surface area contributed by atoms with E-state index in [9.17, 15) is 19.5 Å². The largest absolute Gasteiger partial charge is 0.506 e. The van der Waals surface area contributed by atoms with E-state index in [2.05, 4.69) is 4.99 Å². The van der Waals surface area contributed by atoms with E-state index in [1.54, 1.807) is 60.7 Å². The molecular weight excluding hydrogens is 294 g/mol. The Morgan fingerprint density at radius 2 is 1.35 bits per heavy atom. The molecular formula is C18H11NO4. The van der Waals surface area contributed by atoms with Gasteiger partial charge in [0.2, 0.25) is 5.78 Å². The summed E-state index contributed by atoms with van der Waals surface area (Å²) in [7, 11) is 0. The predicted molar refractivity (Wildman–Crippen MR) is 84.2 cm³/mol. The number of hydrogen-bond donors (Lipinski definition) is 1. The van der Waals surface area contributed by atoms with Crippen LogP contribution in [0.1, 0.15) is 15.9 Å². The average molecular weight is 305 g/mol. The van der Waals surface area contributed by atoms with Gasteiger partial charge < -0.3 is 5.11 Å². The van der Waals surface area contributed by atoms with Crippen molar-refractivity contribution in [3.63, 3.8) is 0 Å². The number of aliphatic hydroxyl groups excluding tert-OH is 1. The molecule has 2 aromatic rings. The highest BCUT2D eigenvalue weighted by molar-refractivity contribution is 6.70. The molecule has 0 spiro atoms. The van der Waals surface area contributed by atoms with Crippen LogP contribution in [0.3, 0.4) is 0 Å². The highest BCUT2D eigenvalue weighted by atomic mass is 16.3. The lowest BCUT2D eigenvalue weighted by Gasteiger charge is -2.06. The SMILES string of the molecule is O=C1N=C(C(=O)c2ccccc2)/C(=C(\O)c2ccccc2)C1=O. The zero-order valence-corrected chi connectivity index (χ0v) is 11.9. The molecule has 3 rings (SSSR count). The minimum atomic E-state index is -1.05. The van der Waals surface area contributed by atoms with Crippen molar-refractivity contribution in [3.05, 3.63) is 77.4 Å². The van der Waals surface area contributed by atoms with Gasteiger partial charge in [0.15, 0.2) is 0 Å². The molecule has 1 aliphatic heterocycles. The Kier molecular flexibility index (Phi) is 3.68. The van der Waals surface area contributed by atoms with E-state index in [4.69, 9.17) is 0 Å². The maximum atomic E-state index is 12.5. The summed E-state index contributed by atoms with van der Waals surface area (Å²) < 4.78 is 0. The van der Waals surface area contributed by atoms with Gasteiger partial charge >= 0.3 is 5.91 Å². The fourth-order valence-corrected chi connectivity index (χ4v) is 2.27. The second kappa shape index (κ2) is 5.81. The number of carbonyl (C=O) groups is 3. The number of nitrogens with zero attached hydrogens (tertiary/aromatic N) is 1. The molecule has 0 aromatic heterocycles. The second-order valence-corrected chi connectivity index (χ2v) is 4.88. The quantitative estimate of drug-likeness (QED) is 0.408. The summed E-state index contributed by atoms with van der Waals surface area (Å²) in [4.78, 5) is 39.7. The maximum Gasteiger partial charge on any atom is 0.318 e. The molecule has 1 heterocycles. The van der Waals surface area contributed by atoms with E-state index in [1.807, 2.05) is 0 Å². The van der Waals surface area contributed by atoms with Gasteiger partial charge in [-0.2, -0.15) is 0 Å². The van der Waals surface area contributed by atoms with Crippen LogP contribution < -0.4 is 0 Å². The number of aliphatic hydroxyl groups is 1. The van der Waals surface area contributed by atoms with Gasteiger partial charge in [-0.3, -0.25) is 14.4 Å². The van der Waals surface area contributed by atoms with Gasteiger partial charge in [0, 0.05) is 11.1 Å². The van der Waals surface area contributed by atoms with Crippen molar-refractivity contribution in [1.82, 2.24) is 0 Å². The molecule has 1 amide bonds. The zero-order valence-electron chi connectivity index (χ0n) is 11.9. The first kappa shape index (κ1) is 14.6. The summed E-state index contributed by atoms with van der Waals surface area (Å²) in [5.74, 6) is -3.04. The predicted octanol–water partition coefficient (Wildman–Crippen LogP) is 2.39. The molecule has 0 fully saturated rings. The highest BCUT2D eigenvalue weighted by Gasteiger charge is 2.38. The van der Waals surface area contributed by atoms with Crippen LogP contribution in [0.25, 0.3) is 5.76 Å². The van der Waals surface area contributed by atoms with Gasteiger partial charge in [-0.1, -0.05) is 60.7 Å². The number of rotatable bonds is 3. The van der Waals surface area contributed by atoms with Crippen molar-refractivity contribution >= 4 is 28.9 Å². The van der Waals surface area contributed by atoms with E-state index in [1.165, 1.54) is 0 Å². The number of carbonyl (C=O) groups excluding carboxylic acids is 3. The van der Waals surface area contributed by atoms with E-state index < -0.39 is 23.2 Å². The summed E-state index contributed by atoms with van der Waals surface area (Å²) in [6, 6.07) is 16.4. The van der Waals surface area contributed by atoms with E-state index in [-0.39, 0.29) is 16.8 Å². The van der Waals surface area contributed by atoms with Crippen LogP contribution >= 0.6 is 0 Å². The fourth-order valence-electron chi connectivity index (χ4n) is 2.27. The summed E-state index contributed by atoms with van der Waals surface area (Å²) in [6.45, 7) is 0. The Hall–Kier alpha value is -3.34. The summed E-state index contributed by atoms with van der Waals surface area (Å²) in [5, 5.41) is 10.3. The molecule has 2 aromatic carbocycles. The Morgan fingerprint density at radius 1 is 0.826 bits per heavy atom. The first-order chi connectivity index (χ1) is 11.1. The van der Waals surface area contributed by atoms with Crippen LogP contribution in [-0.2, 0) is 9.59 Å². The molecule has 112 valence electrons. The first-order valence-corrected chi connectivity index (χ1v) is 6.85. The molecule has 0 saturated carbocycles. The van der Waals surface area contributed by atoms with Crippen molar-refractivity contribution in [1.29, 1.82) is 0 Å². The van der Waals surface area contributed by atoms with Gasteiger partial charge in [-0.15, -0.1) is 0 Å². The van der Waals surface area contributed by atoms with Crippen LogP contribution in [0, 0.1) is 0 Å². The van der Waals surface area contributed by atoms with E-state index in [0.29, 0.717) is 5.56 Å². The third kappa shape index (κ3) is 2.60. The van der Waals surface area contributed by atoms with Crippen LogP contribution in [0.2, 0.25) is 0 Å². The summed E-state index contributed by atoms with van der Waals surface area (Å²) in [6.07, 6.45) is 0. The van der Waals surface area contributed by atoms with Gasteiger partial charge in [-0.05, 0) is 0 Å². The van der Waals surface area contributed by atoms with Gasteiger partial charge in [-0.25, -0.2) is 4.99 Å². The summed E-state index contributed by atoms with van der Waals surface area (Å²) >= 11 is 0. The molecule has 1 aliphatic rings. The van der Waals surface area contributed by atoms with Crippen LogP contribution in [0.5, 0.6) is 0 Å². The van der Waals surface area contributed by atoms with Crippen molar-refractivity contribution in [2.75, 3.05) is 0 Å². The number of Topliss-reactive ketones (excluding diaryl/α,β-unsaturated/α-hetero) is 2. The molecule has 0 bridgehead atoms. The Balaban J connectivity index is 2.12. The van der Waals surface area contributed by atoms with Crippen molar-refractivity contribution in [3.8, 4) is 0 Å². The van der Waals surface area contributed by atoms with Crippen LogP contribution in [0.15, 0.2) is 71.2 Å². The Bertz CT molecular complexity index is 864. The molecule has 1 N–H and O–H groups in total. The lowest BCUT2D eigenvalue weighted by Crippen LogP contribution is -2.19. The van der Waals surface area contributed by atoms with E-state index >= 15 is 0 Å². The van der Waals surface area contributed by atoms with Crippen LogP contribution in [-0.4, -0.2) is 28.3 Å². The molecule has 0 radical (unpaired) electrons. The first-order valence-electron chi connectivity index (χ1n) is 6.85. The normalized spacial score (nSPS) is 16.3. The summed E-state index contributed by atoms with van der Waals surface area (Å²) in [5.41, 5.74) is -0.0613. The molecule has 0 unspecified atom stereocenters. The van der Waals surface area contributed by atoms with Crippen molar-refractivity contribution in [2.45, 2.75) is 0 Å². The standard InChI is InChI=1S/C18H11NO4/c20-15(11-7-3-1-4-8-11)13-14(19-18(23)17(13)22)16(21)12-9-5-2-6-10-12/h1-10,20H/b15-13+. The van der Waals surface area contributed by atoms with Gasteiger partial charge in [0.1, 0.15) is 17.0 Å². The molecule has 5 heteroatoms. The zero-order chi connectivity index (χ0) is 16.4. The maximum absolute atomic E-state index is 12.5. The number of hydrogen-bond acceptors (Lipinski definition) is 4.